The lowest BCUT2D eigenvalue weighted by molar-refractivity contribution is 0.221. The minimum absolute atomic E-state index is 0.225. The highest BCUT2D eigenvalue weighted by atomic mass is 32.1. The van der Waals surface area contributed by atoms with Crippen molar-refractivity contribution in [1.82, 2.24) is 14.9 Å². The molecule has 0 aromatic carbocycles. The number of methoxy groups -OCH3 is 1. The van der Waals surface area contributed by atoms with Gasteiger partial charge >= 0.3 is 6.03 Å². The van der Waals surface area contributed by atoms with E-state index in [1.165, 1.54) is 18.3 Å². The van der Waals surface area contributed by atoms with E-state index in [1.807, 2.05) is 19.1 Å². The Balaban J connectivity index is 1.96. The van der Waals surface area contributed by atoms with Crippen LogP contribution in [0.5, 0.6) is 5.88 Å². The summed E-state index contributed by atoms with van der Waals surface area (Å²) in [6, 6.07) is 5.41. The third-order valence-corrected chi connectivity index (χ3v) is 3.61. The average molecular weight is 292 g/mol. The molecular weight excluding hydrogens is 276 g/mol. The van der Waals surface area contributed by atoms with Crippen molar-refractivity contribution in [2.45, 2.75) is 13.5 Å². The molecule has 0 radical (unpaired) electrons. The van der Waals surface area contributed by atoms with E-state index < -0.39 is 0 Å². The van der Waals surface area contributed by atoms with E-state index in [2.05, 4.69) is 15.3 Å². The molecule has 2 heterocycles. The Bertz CT molecular complexity index is 600. The van der Waals surface area contributed by atoms with Crippen LogP contribution >= 0.6 is 11.3 Å². The first-order valence-electron chi connectivity index (χ1n) is 6.02. The van der Waals surface area contributed by atoms with Gasteiger partial charge in [-0.2, -0.15) is 0 Å². The smallest absolute Gasteiger partial charge is 0.323 e. The van der Waals surface area contributed by atoms with Gasteiger partial charge in [-0.25, -0.2) is 14.8 Å². The fourth-order valence-electron chi connectivity index (χ4n) is 1.60. The number of anilines is 1. The number of carbonyl (C=O) groups is 1. The molecule has 0 bridgehead atoms. The third-order valence-electron chi connectivity index (χ3n) is 2.62. The van der Waals surface area contributed by atoms with Crippen LogP contribution in [0.25, 0.3) is 0 Å². The Morgan fingerprint density at radius 3 is 2.90 bits per heavy atom. The van der Waals surface area contributed by atoms with Crippen LogP contribution < -0.4 is 10.1 Å². The van der Waals surface area contributed by atoms with Gasteiger partial charge in [0, 0.05) is 22.9 Å². The zero-order valence-electron chi connectivity index (χ0n) is 11.6. The molecule has 2 amide bonds. The highest BCUT2D eigenvalue weighted by molar-refractivity contribution is 7.11. The van der Waals surface area contributed by atoms with Gasteiger partial charge in [-0.3, -0.25) is 5.32 Å². The highest BCUT2D eigenvalue weighted by Gasteiger charge is 2.11. The number of rotatable bonds is 4. The Labute approximate surface area is 121 Å². The van der Waals surface area contributed by atoms with E-state index in [0.29, 0.717) is 18.2 Å². The minimum atomic E-state index is -0.225. The van der Waals surface area contributed by atoms with E-state index in [4.69, 9.17) is 4.74 Å². The summed E-state index contributed by atoms with van der Waals surface area (Å²) in [6.07, 6.45) is 1.34. The number of aromatic nitrogens is 2. The largest absolute Gasteiger partial charge is 0.481 e. The van der Waals surface area contributed by atoms with Gasteiger partial charge in [0.15, 0.2) is 0 Å². The SMILES string of the molecule is COc1cc(NC(=O)N(C)Cc2ccc(C)s2)ncn1. The molecule has 2 aromatic heterocycles. The first-order valence-corrected chi connectivity index (χ1v) is 6.83. The van der Waals surface area contributed by atoms with E-state index in [1.54, 1.807) is 29.4 Å². The van der Waals surface area contributed by atoms with Crippen molar-refractivity contribution in [3.63, 3.8) is 0 Å². The van der Waals surface area contributed by atoms with Crippen molar-refractivity contribution in [2.75, 3.05) is 19.5 Å². The molecule has 20 heavy (non-hydrogen) atoms. The number of ether oxygens (including phenoxy) is 1. The van der Waals surface area contributed by atoms with Crippen LogP contribution in [0.2, 0.25) is 0 Å². The summed E-state index contributed by atoms with van der Waals surface area (Å²) in [7, 11) is 3.25. The number of amides is 2. The molecule has 1 N–H and O–H groups in total. The Morgan fingerprint density at radius 1 is 1.45 bits per heavy atom. The second kappa shape index (κ2) is 6.33. The molecule has 2 aromatic rings. The highest BCUT2D eigenvalue weighted by Crippen LogP contribution is 2.17. The summed E-state index contributed by atoms with van der Waals surface area (Å²) in [5.41, 5.74) is 0. The van der Waals surface area contributed by atoms with Crippen LogP contribution in [0.1, 0.15) is 9.75 Å². The zero-order chi connectivity index (χ0) is 14.5. The second-order valence-corrected chi connectivity index (χ2v) is 5.62. The molecule has 6 nitrogen and oxygen atoms in total. The Morgan fingerprint density at radius 2 is 2.25 bits per heavy atom. The third kappa shape index (κ3) is 3.67. The first-order chi connectivity index (χ1) is 9.58. The average Bonchev–Trinajstić information content (AvgIpc) is 2.84. The van der Waals surface area contributed by atoms with Crippen molar-refractivity contribution in [2.24, 2.45) is 0 Å². The molecule has 2 rings (SSSR count). The van der Waals surface area contributed by atoms with Crippen LogP contribution in [0.3, 0.4) is 0 Å². The molecule has 106 valence electrons. The zero-order valence-corrected chi connectivity index (χ0v) is 12.4. The van der Waals surface area contributed by atoms with Crippen LogP contribution in [0.15, 0.2) is 24.5 Å². The lowest BCUT2D eigenvalue weighted by Crippen LogP contribution is -2.30. The number of nitrogens with one attached hydrogen (secondary N) is 1. The van der Waals surface area contributed by atoms with Crippen molar-refractivity contribution in [3.05, 3.63) is 34.3 Å². The summed E-state index contributed by atoms with van der Waals surface area (Å²) < 4.78 is 4.98. The number of hydrogen-bond acceptors (Lipinski definition) is 5. The molecule has 0 aliphatic rings. The predicted octanol–water partition coefficient (Wildman–Crippen LogP) is 2.52. The fraction of sp³-hybridized carbons (Fsp3) is 0.308. The first kappa shape index (κ1) is 14.3. The van der Waals surface area contributed by atoms with E-state index in [0.717, 1.165) is 4.88 Å². The number of nitrogens with zero attached hydrogens (tertiary/aromatic N) is 3. The normalized spacial score (nSPS) is 10.2. The minimum Gasteiger partial charge on any atom is -0.481 e. The Kier molecular flexibility index (Phi) is 4.52. The van der Waals surface area contributed by atoms with Crippen LogP contribution in [-0.4, -0.2) is 35.1 Å². The van der Waals surface area contributed by atoms with Gasteiger partial charge < -0.3 is 9.64 Å². The van der Waals surface area contributed by atoms with Gasteiger partial charge in [-0.05, 0) is 19.1 Å². The summed E-state index contributed by atoms with van der Waals surface area (Å²) in [5, 5.41) is 2.70. The standard InChI is InChI=1S/C13H16N4O2S/c1-9-4-5-10(20-9)7-17(2)13(18)16-11-6-12(19-3)15-8-14-11/h4-6,8H,7H2,1-3H3,(H,14,15,16,18). The molecular formula is C13H16N4O2S. The van der Waals surface area contributed by atoms with Crippen molar-refractivity contribution in [1.29, 1.82) is 0 Å². The quantitative estimate of drug-likeness (QED) is 0.940. The van der Waals surface area contributed by atoms with Gasteiger partial charge in [0.25, 0.3) is 0 Å². The van der Waals surface area contributed by atoms with Crippen molar-refractivity contribution < 1.29 is 9.53 Å². The number of hydrogen-bond donors (Lipinski definition) is 1. The lowest BCUT2D eigenvalue weighted by Gasteiger charge is -2.16. The van der Waals surface area contributed by atoms with Crippen molar-refractivity contribution in [3.8, 4) is 5.88 Å². The lowest BCUT2D eigenvalue weighted by atomic mass is 10.4. The monoisotopic (exact) mass is 292 g/mol. The topological polar surface area (TPSA) is 67.3 Å². The van der Waals surface area contributed by atoms with Crippen LogP contribution in [-0.2, 0) is 6.54 Å². The Hall–Kier alpha value is -2.15. The second-order valence-electron chi connectivity index (χ2n) is 4.24. The molecule has 0 aliphatic heterocycles. The van der Waals surface area contributed by atoms with Gasteiger partial charge in [0.2, 0.25) is 5.88 Å². The molecule has 0 atom stereocenters. The fourth-order valence-corrected chi connectivity index (χ4v) is 2.54. The van der Waals surface area contributed by atoms with Gasteiger partial charge in [0.1, 0.15) is 12.1 Å². The molecule has 7 heteroatoms. The van der Waals surface area contributed by atoms with E-state index in [-0.39, 0.29) is 6.03 Å². The summed E-state index contributed by atoms with van der Waals surface area (Å²) in [6.45, 7) is 2.61. The van der Waals surface area contributed by atoms with Gasteiger partial charge in [-0.1, -0.05) is 0 Å². The maximum absolute atomic E-state index is 12.0. The predicted molar refractivity (Wildman–Crippen MR) is 78.1 cm³/mol. The van der Waals surface area contributed by atoms with Crippen LogP contribution in [0, 0.1) is 6.92 Å². The summed E-state index contributed by atoms with van der Waals surface area (Å²) >= 11 is 1.68. The maximum Gasteiger partial charge on any atom is 0.323 e. The van der Waals surface area contributed by atoms with Gasteiger partial charge in [0.05, 0.1) is 13.7 Å². The van der Waals surface area contributed by atoms with E-state index >= 15 is 0 Å². The summed E-state index contributed by atoms with van der Waals surface area (Å²) in [4.78, 5) is 23.9. The molecule has 0 unspecified atom stereocenters. The number of aryl methyl sites for hydroxylation is 1. The molecule has 0 spiro atoms. The number of urea groups is 1. The molecule has 0 saturated heterocycles. The van der Waals surface area contributed by atoms with Gasteiger partial charge in [-0.15, -0.1) is 11.3 Å². The number of carbonyl (C=O) groups excluding carboxylic acids is 1. The van der Waals surface area contributed by atoms with Crippen molar-refractivity contribution >= 4 is 23.2 Å². The maximum atomic E-state index is 12.0. The molecule has 0 saturated carbocycles. The van der Waals surface area contributed by atoms with E-state index in [9.17, 15) is 4.79 Å². The van der Waals surface area contributed by atoms with Crippen LogP contribution in [0.4, 0.5) is 10.6 Å². The molecule has 0 aliphatic carbocycles. The summed E-state index contributed by atoms with van der Waals surface area (Å²) in [5.74, 6) is 0.822. The number of thiophene rings is 1. The molecule has 0 fully saturated rings.